The molecular formula is C29H30F3N7O4. The Hall–Kier alpha value is -4.51. The summed E-state index contributed by atoms with van der Waals surface area (Å²) in [5, 5.41) is 15.4. The summed E-state index contributed by atoms with van der Waals surface area (Å²) in [7, 11) is 0. The highest BCUT2D eigenvalue weighted by Gasteiger charge is 2.50. The van der Waals surface area contributed by atoms with Crippen molar-refractivity contribution in [3.63, 3.8) is 0 Å². The van der Waals surface area contributed by atoms with Crippen molar-refractivity contribution in [1.82, 2.24) is 14.8 Å². The molecule has 14 heteroatoms. The van der Waals surface area contributed by atoms with E-state index in [1.165, 1.54) is 11.1 Å². The maximum atomic E-state index is 13.4. The highest BCUT2D eigenvalue weighted by atomic mass is 19.4. The largest absolute Gasteiger partial charge is 0.491 e. The number of halogens is 3. The minimum atomic E-state index is -4.73. The Kier molecular flexibility index (Phi) is 9.20. The Morgan fingerprint density at radius 2 is 1.88 bits per heavy atom. The first kappa shape index (κ1) is 30.0. The topological polar surface area (TPSA) is 124 Å². The van der Waals surface area contributed by atoms with E-state index in [0.29, 0.717) is 69.2 Å². The number of ether oxygens (including phenoxy) is 2. The molecule has 43 heavy (non-hydrogen) atoms. The molecule has 0 N–H and O–H groups in total. The van der Waals surface area contributed by atoms with Crippen molar-refractivity contribution in [2.75, 3.05) is 64.0 Å². The number of aromatic nitrogens is 1. The molecule has 1 aromatic carbocycles. The van der Waals surface area contributed by atoms with Gasteiger partial charge in [-0.1, -0.05) is 6.07 Å². The van der Waals surface area contributed by atoms with Gasteiger partial charge in [-0.3, -0.25) is 9.59 Å². The number of carbonyl (C=O) groups excluding carboxylic acids is 2. The monoisotopic (exact) mass is 597 g/mol. The summed E-state index contributed by atoms with van der Waals surface area (Å²) >= 11 is 0. The Morgan fingerprint density at radius 1 is 1.07 bits per heavy atom. The van der Waals surface area contributed by atoms with Gasteiger partial charge in [-0.2, -0.15) is 23.5 Å². The number of carbonyl (C=O) groups is 2. The third-order valence-electron chi connectivity index (χ3n) is 7.57. The summed E-state index contributed by atoms with van der Waals surface area (Å²) in [5.41, 5.74) is 0.846. The van der Waals surface area contributed by atoms with Gasteiger partial charge in [0, 0.05) is 56.9 Å². The van der Waals surface area contributed by atoms with E-state index >= 15 is 0 Å². The smallest absolute Gasteiger partial charge is 0.406 e. The van der Waals surface area contributed by atoms with Crippen LogP contribution in [0.4, 0.5) is 19.0 Å². The fourth-order valence-electron chi connectivity index (χ4n) is 5.33. The van der Waals surface area contributed by atoms with Crippen LogP contribution in [-0.4, -0.2) is 91.9 Å². The highest BCUT2D eigenvalue weighted by Crippen LogP contribution is 2.38. The van der Waals surface area contributed by atoms with Crippen LogP contribution >= 0.6 is 0 Å². The molecule has 0 radical (unpaired) electrons. The van der Waals surface area contributed by atoms with Crippen molar-refractivity contribution >= 4 is 17.6 Å². The molecular weight excluding hydrogens is 567 g/mol. The molecule has 4 heterocycles. The number of piperazine rings is 1. The van der Waals surface area contributed by atoms with Crippen LogP contribution in [0, 0.1) is 23.2 Å². The van der Waals surface area contributed by atoms with Crippen LogP contribution in [0.25, 0.3) is 0 Å². The predicted molar refractivity (Wildman–Crippen MR) is 147 cm³/mol. The van der Waals surface area contributed by atoms with Gasteiger partial charge < -0.3 is 24.2 Å². The molecule has 226 valence electrons. The van der Waals surface area contributed by atoms with Crippen molar-refractivity contribution in [1.29, 1.82) is 5.26 Å². The first-order chi connectivity index (χ1) is 20.7. The highest BCUT2D eigenvalue weighted by molar-refractivity contribution is 5.94. The lowest BCUT2D eigenvalue weighted by atomic mass is 10.0. The number of anilines is 1. The van der Waals surface area contributed by atoms with Gasteiger partial charge in [0.05, 0.1) is 30.7 Å². The summed E-state index contributed by atoms with van der Waals surface area (Å²) in [6.07, 6.45) is -1.55. The number of benzene rings is 1. The van der Waals surface area contributed by atoms with Gasteiger partial charge >= 0.3 is 6.18 Å². The van der Waals surface area contributed by atoms with E-state index in [9.17, 15) is 22.8 Å². The molecule has 2 saturated heterocycles. The van der Waals surface area contributed by atoms with Crippen LogP contribution in [0.1, 0.15) is 22.3 Å². The summed E-state index contributed by atoms with van der Waals surface area (Å²) in [5.74, 6) is -2.37. The molecule has 2 unspecified atom stereocenters. The molecule has 5 rings (SSSR count). The maximum Gasteiger partial charge on any atom is 0.406 e. The Bertz CT molecular complexity index is 1420. The van der Waals surface area contributed by atoms with Gasteiger partial charge in [0.15, 0.2) is 5.92 Å². The van der Waals surface area contributed by atoms with E-state index in [1.807, 2.05) is 6.07 Å². The molecule has 0 bridgehead atoms. The van der Waals surface area contributed by atoms with Crippen LogP contribution in [0.2, 0.25) is 0 Å². The van der Waals surface area contributed by atoms with E-state index in [1.54, 1.807) is 35.2 Å². The van der Waals surface area contributed by atoms with Crippen molar-refractivity contribution < 1.29 is 32.2 Å². The van der Waals surface area contributed by atoms with E-state index in [4.69, 9.17) is 14.7 Å². The number of alkyl halides is 3. The Morgan fingerprint density at radius 3 is 2.60 bits per heavy atom. The summed E-state index contributed by atoms with van der Waals surface area (Å²) < 4.78 is 51.7. The van der Waals surface area contributed by atoms with Gasteiger partial charge in [-0.05, 0) is 36.8 Å². The molecule has 11 nitrogen and oxygen atoms in total. The molecule has 2 amide bonds. The fraction of sp³-hybridized carbons (Fsp3) is 0.448. The van der Waals surface area contributed by atoms with Crippen molar-refractivity contribution in [2.24, 2.45) is 22.1 Å². The average molecular weight is 598 g/mol. The number of hydrogen-bond donors (Lipinski definition) is 0. The lowest BCUT2D eigenvalue weighted by Gasteiger charge is -2.35. The zero-order chi connectivity index (χ0) is 30.4. The van der Waals surface area contributed by atoms with Gasteiger partial charge in [0.25, 0.3) is 11.8 Å². The number of likely N-dealkylation sites (tertiary alicyclic amines) is 1. The number of pyridine rings is 1. The molecule has 1 aromatic heterocycles. The Labute approximate surface area is 246 Å². The first-order valence-electron chi connectivity index (χ1n) is 13.9. The van der Waals surface area contributed by atoms with E-state index in [2.05, 4.69) is 26.2 Å². The van der Waals surface area contributed by atoms with Gasteiger partial charge in [0.1, 0.15) is 24.2 Å². The minimum absolute atomic E-state index is 0.00198. The number of rotatable bonds is 9. The number of hydrogen-bond acceptors (Lipinski definition) is 9. The lowest BCUT2D eigenvalue weighted by Crippen LogP contribution is -2.49. The number of nitriles is 1. The molecule has 0 spiro atoms. The summed E-state index contributed by atoms with van der Waals surface area (Å²) in [6.45, 7) is 3.85. The zero-order valence-corrected chi connectivity index (χ0v) is 23.2. The van der Waals surface area contributed by atoms with Crippen molar-refractivity contribution in [2.45, 2.75) is 12.6 Å². The molecule has 0 aliphatic carbocycles. The standard InChI is InChI=1S/C29H30F3N7O4/c30-29(31,32)26-24(17-35-36-27(26)40)39-7-6-21(18-39)19-42-12-13-43-23-3-1-2-22(14-23)28(41)38-10-8-37(9-11-38)25-5-4-20(15-33)16-34-25/h1-5,14,16-17,21,26H,6-13,18-19H2. The van der Waals surface area contributed by atoms with Gasteiger partial charge in [-0.25, -0.2) is 4.98 Å². The molecule has 2 aromatic rings. The van der Waals surface area contributed by atoms with Gasteiger partial charge in [0.2, 0.25) is 0 Å². The van der Waals surface area contributed by atoms with Crippen LogP contribution in [0.5, 0.6) is 5.75 Å². The maximum absolute atomic E-state index is 13.4. The average Bonchev–Trinajstić information content (AvgIpc) is 3.49. The van der Waals surface area contributed by atoms with Gasteiger partial charge in [-0.15, -0.1) is 5.11 Å². The number of nitrogens with zero attached hydrogens (tertiary/aromatic N) is 7. The third kappa shape index (κ3) is 7.29. The molecule has 3 aliphatic rings. The van der Waals surface area contributed by atoms with Crippen LogP contribution in [0.15, 0.2) is 64.7 Å². The predicted octanol–water partition coefficient (Wildman–Crippen LogP) is 3.65. The van der Waals surface area contributed by atoms with Crippen LogP contribution < -0.4 is 9.64 Å². The SMILES string of the molecule is N#Cc1ccc(N2CCN(C(=O)c3cccc(OCCOCC4CCN(C5=CN=NC(=O)C5C(F)(F)F)C4)c3)CC2)nc1. The normalized spacial score (nSPS) is 20.7. The van der Waals surface area contributed by atoms with Crippen molar-refractivity contribution in [3.8, 4) is 11.8 Å². The second-order valence-corrected chi connectivity index (χ2v) is 10.4. The van der Waals surface area contributed by atoms with E-state index < -0.39 is 18.0 Å². The molecule has 0 saturated carbocycles. The van der Waals surface area contributed by atoms with E-state index in [-0.39, 0.29) is 30.7 Å². The van der Waals surface area contributed by atoms with E-state index in [0.717, 1.165) is 12.0 Å². The molecule has 2 atom stereocenters. The quantitative estimate of drug-likeness (QED) is 0.402. The van der Waals surface area contributed by atoms with Crippen LogP contribution in [-0.2, 0) is 9.53 Å². The molecule has 2 fully saturated rings. The lowest BCUT2D eigenvalue weighted by molar-refractivity contribution is -0.176. The van der Waals surface area contributed by atoms with Crippen LogP contribution in [0.3, 0.4) is 0 Å². The summed E-state index contributed by atoms with van der Waals surface area (Å²) in [6, 6.07) is 12.5. The second-order valence-electron chi connectivity index (χ2n) is 10.4. The fourth-order valence-corrected chi connectivity index (χ4v) is 5.33. The number of amides is 2. The summed E-state index contributed by atoms with van der Waals surface area (Å²) in [4.78, 5) is 34.6. The first-order valence-corrected chi connectivity index (χ1v) is 13.9. The second kappa shape index (κ2) is 13.2. The third-order valence-corrected chi connectivity index (χ3v) is 7.57. The van der Waals surface area contributed by atoms with Crippen molar-refractivity contribution in [3.05, 3.63) is 65.6 Å². The molecule has 3 aliphatic heterocycles. The zero-order valence-electron chi connectivity index (χ0n) is 23.2. The minimum Gasteiger partial charge on any atom is -0.491 e. The Balaban J connectivity index is 1.03. The number of azo groups is 1.